The summed E-state index contributed by atoms with van der Waals surface area (Å²) in [6, 6.07) is 1.84. The summed E-state index contributed by atoms with van der Waals surface area (Å²) in [6.07, 6.45) is 0. The molecular formula is C9H11BrN4O. The number of hydrogen-bond donors (Lipinski definition) is 1. The summed E-state index contributed by atoms with van der Waals surface area (Å²) < 4.78 is 2.52. The predicted molar refractivity (Wildman–Crippen MR) is 58.0 cm³/mol. The predicted octanol–water partition coefficient (Wildman–Crippen LogP) is 0.902. The fraction of sp³-hybridized carbons (Fsp3) is 0.444. The Morgan fingerprint density at radius 3 is 2.80 bits per heavy atom. The fourth-order valence-electron chi connectivity index (χ4n) is 1.16. The van der Waals surface area contributed by atoms with Gasteiger partial charge in [0.25, 0.3) is 0 Å². The summed E-state index contributed by atoms with van der Waals surface area (Å²) in [5, 5.41) is 14.9. The van der Waals surface area contributed by atoms with Crippen molar-refractivity contribution in [1.29, 1.82) is 5.26 Å². The molecule has 0 bridgehead atoms. The lowest BCUT2D eigenvalue weighted by molar-refractivity contribution is -0.121. The van der Waals surface area contributed by atoms with Gasteiger partial charge in [0.2, 0.25) is 5.91 Å². The van der Waals surface area contributed by atoms with Crippen LogP contribution < -0.4 is 5.32 Å². The zero-order chi connectivity index (χ0) is 11.4. The van der Waals surface area contributed by atoms with Crippen LogP contribution >= 0.6 is 15.9 Å². The van der Waals surface area contributed by atoms with Crippen molar-refractivity contribution in [3.8, 4) is 6.07 Å². The van der Waals surface area contributed by atoms with Crippen molar-refractivity contribution in [2.45, 2.75) is 20.4 Å². The number of nitrogens with one attached hydrogen (secondary N) is 1. The van der Waals surface area contributed by atoms with Gasteiger partial charge in [-0.3, -0.25) is 9.48 Å². The van der Waals surface area contributed by atoms with Crippen molar-refractivity contribution in [2.24, 2.45) is 0 Å². The van der Waals surface area contributed by atoms with Gasteiger partial charge in [-0.05, 0) is 29.8 Å². The molecule has 1 rings (SSSR count). The number of aromatic nitrogens is 2. The van der Waals surface area contributed by atoms with Crippen LogP contribution in [0, 0.1) is 25.2 Å². The topological polar surface area (TPSA) is 70.7 Å². The summed E-state index contributed by atoms with van der Waals surface area (Å²) in [6.45, 7) is 3.90. The van der Waals surface area contributed by atoms with Crippen LogP contribution in [0.3, 0.4) is 0 Å². The van der Waals surface area contributed by atoms with Gasteiger partial charge >= 0.3 is 0 Å². The number of rotatable bonds is 3. The number of amides is 1. The van der Waals surface area contributed by atoms with Crippen LogP contribution in [0.4, 0.5) is 0 Å². The number of nitrogens with zero attached hydrogens (tertiary/aromatic N) is 3. The molecule has 0 saturated heterocycles. The summed E-state index contributed by atoms with van der Waals surface area (Å²) in [7, 11) is 0. The third-order valence-electron chi connectivity index (χ3n) is 1.95. The van der Waals surface area contributed by atoms with Crippen molar-refractivity contribution < 1.29 is 4.79 Å². The standard InChI is InChI=1S/C9H11BrN4O/c1-6-9(10)7(2)14(13-6)5-8(15)12-4-3-11/h4-5H2,1-2H3,(H,12,15). The highest BCUT2D eigenvalue weighted by molar-refractivity contribution is 9.10. The van der Waals surface area contributed by atoms with E-state index in [0.29, 0.717) is 0 Å². The zero-order valence-corrected chi connectivity index (χ0v) is 10.1. The van der Waals surface area contributed by atoms with E-state index in [2.05, 4.69) is 26.3 Å². The maximum atomic E-state index is 11.3. The van der Waals surface area contributed by atoms with E-state index in [1.807, 2.05) is 19.9 Å². The highest BCUT2D eigenvalue weighted by Crippen LogP contribution is 2.19. The van der Waals surface area contributed by atoms with E-state index in [1.54, 1.807) is 4.68 Å². The Morgan fingerprint density at radius 2 is 2.33 bits per heavy atom. The van der Waals surface area contributed by atoms with Crippen LogP contribution in [0.2, 0.25) is 0 Å². The van der Waals surface area contributed by atoms with Crippen LogP contribution in [0.25, 0.3) is 0 Å². The largest absolute Gasteiger partial charge is 0.341 e. The molecule has 5 nitrogen and oxygen atoms in total. The second-order valence-corrected chi connectivity index (χ2v) is 3.87. The minimum Gasteiger partial charge on any atom is -0.341 e. The average Bonchev–Trinajstić information content (AvgIpc) is 2.43. The second kappa shape index (κ2) is 4.94. The molecule has 0 aliphatic carbocycles. The Kier molecular flexibility index (Phi) is 3.86. The van der Waals surface area contributed by atoms with Gasteiger partial charge in [-0.15, -0.1) is 0 Å². The number of hydrogen-bond acceptors (Lipinski definition) is 3. The molecule has 0 radical (unpaired) electrons. The van der Waals surface area contributed by atoms with Crippen LogP contribution in [-0.2, 0) is 11.3 Å². The molecule has 0 saturated carbocycles. The summed E-state index contributed by atoms with van der Waals surface area (Å²) >= 11 is 3.38. The minimum atomic E-state index is -0.213. The molecule has 80 valence electrons. The smallest absolute Gasteiger partial charge is 0.242 e. The Labute approximate surface area is 96.2 Å². The zero-order valence-electron chi connectivity index (χ0n) is 8.54. The molecule has 15 heavy (non-hydrogen) atoms. The van der Waals surface area contributed by atoms with Gasteiger partial charge in [0.05, 0.1) is 21.9 Å². The molecule has 0 spiro atoms. The first-order valence-electron chi connectivity index (χ1n) is 4.39. The number of carbonyl (C=O) groups excluding carboxylic acids is 1. The minimum absolute atomic E-state index is 0.0271. The molecule has 1 aromatic heterocycles. The monoisotopic (exact) mass is 270 g/mol. The van der Waals surface area contributed by atoms with Gasteiger partial charge in [0, 0.05) is 0 Å². The van der Waals surface area contributed by atoms with Crippen LogP contribution in [0.5, 0.6) is 0 Å². The van der Waals surface area contributed by atoms with Crippen LogP contribution in [0.1, 0.15) is 11.4 Å². The lowest BCUT2D eigenvalue weighted by Gasteiger charge is -2.03. The molecule has 6 heteroatoms. The van der Waals surface area contributed by atoms with Gasteiger partial charge in [0.1, 0.15) is 13.1 Å². The van der Waals surface area contributed by atoms with E-state index in [1.165, 1.54) is 0 Å². The molecule has 1 heterocycles. The van der Waals surface area contributed by atoms with E-state index in [-0.39, 0.29) is 19.0 Å². The molecule has 0 unspecified atom stereocenters. The highest BCUT2D eigenvalue weighted by Gasteiger charge is 2.11. The number of aryl methyl sites for hydroxylation is 1. The number of nitriles is 1. The third-order valence-corrected chi connectivity index (χ3v) is 3.10. The van der Waals surface area contributed by atoms with Crippen molar-refractivity contribution in [2.75, 3.05) is 6.54 Å². The first-order chi connectivity index (χ1) is 7.06. The fourth-order valence-corrected chi connectivity index (χ4v) is 1.44. The summed E-state index contributed by atoms with van der Waals surface area (Å²) in [5.41, 5.74) is 1.75. The Balaban J connectivity index is 2.69. The Bertz CT molecular complexity index is 418. The van der Waals surface area contributed by atoms with E-state index in [9.17, 15) is 4.79 Å². The molecule has 0 aromatic carbocycles. The number of carbonyl (C=O) groups is 1. The SMILES string of the molecule is Cc1nn(CC(=O)NCC#N)c(C)c1Br. The van der Waals surface area contributed by atoms with Gasteiger partial charge in [-0.25, -0.2) is 0 Å². The molecule has 0 aliphatic rings. The Hall–Kier alpha value is -1.35. The Morgan fingerprint density at radius 1 is 1.67 bits per heavy atom. The first kappa shape index (κ1) is 11.7. The lowest BCUT2D eigenvalue weighted by atomic mass is 10.4. The van der Waals surface area contributed by atoms with E-state index >= 15 is 0 Å². The van der Waals surface area contributed by atoms with Gasteiger partial charge in [0.15, 0.2) is 0 Å². The molecule has 1 aromatic rings. The second-order valence-electron chi connectivity index (χ2n) is 3.08. The maximum Gasteiger partial charge on any atom is 0.242 e. The normalized spacial score (nSPS) is 9.73. The molecular weight excluding hydrogens is 260 g/mol. The lowest BCUT2D eigenvalue weighted by Crippen LogP contribution is -2.28. The van der Waals surface area contributed by atoms with Gasteiger partial charge < -0.3 is 5.32 Å². The van der Waals surface area contributed by atoms with Gasteiger partial charge in [-0.1, -0.05) is 0 Å². The van der Waals surface area contributed by atoms with E-state index in [4.69, 9.17) is 5.26 Å². The van der Waals surface area contributed by atoms with Crippen molar-refractivity contribution in [3.63, 3.8) is 0 Å². The third kappa shape index (κ3) is 2.80. The molecule has 0 atom stereocenters. The molecule has 0 aliphatic heterocycles. The average molecular weight is 271 g/mol. The molecule has 1 amide bonds. The number of halogens is 1. The van der Waals surface area contributed by atoms with Crippen molar-refractivity contribution in [1.82, 2.24) is 15.1 Å². The van der Waals surface area contributed by atoms with E-state index < -0.39 is 0 Å². The maximum absolute atomic E-state index is 11.3. The van der Waals surface area contributed by atoms with Crippen LogP contribution in [-0.4, -0.2) is 22.2 Å². The quantitative estimate of drug-likeness (QED) is 0.830. The van der Waals surface area contributed by atoms with E-state index in [0.717, 1.165) is 15.9 Å². The highest BCUT2D eigenvalue weighted by atomic mass is 79.9. The van der Waals surface area contributed by atoms with Crippen LogP contribution in [0.15, 0.2) is 4.47 Å². The molecule has 0 fully saturated rings. The van der Waals surface area contributed by atoms with Crippen molar-refractivity contribution >= 4 is 21.8 Å². The molecule has 1 N–H and O–H groups in total. The van der Waals surface area contributed by atoms with Gasteiger partial charge in [-0.2, -0.15) is 10.4 Å². The van der Waals surface area contributed by atoms with Crippen molar-refractivity contribution in [3.05, 3.63) is 15.9 Å². The summed E-state index contributed by atoms with van der Waals surface area (Å²) in [4.78, 5) is 11.3. The first-order valence-corrected chi connectivity index (χ1v) is 5.18. The summed E-state index contributed by atoms with van der Waals surface area (Å²) in [5.74, 6) is -0.213.